The maximum atomic E-state index is 13.8. The lowest BCUT2D eigenvalue weighted by Crippen LogP contribution is -2.29. The van der Waals surface area contributed by atoms with Crippen molar-refractivity contribution >= 4 is 44.1 Å². The maximum absolute atomic E-state index is 13.8. The smallest absolute Gasteiger partial charge is 0.301 e. The molecule has 44 heavy (non-hydrogen) atoms. The van der Waals surface area contributed by atoms with Gasteiger partial charge in [0, 0.05) is 5.56 Å². The number of hydrogen-bond acceptors (Lipinski definition) is 8. The first-order chi connectivity index (χ1) is 21.3. The molecule has 1 aliphatic rings. The van der Waals surface area contributed by atoms with E-state index in [0.29, 0.717) is 53.3 Å². The van der Waals surface area contributed by atoms with Gasteiger partial charge >= 0.3 is 5.91 Å². The first-order valence-electron chi connectivity index (χ1n) is 15.1. The number of aromatic nitrogens is 1. The minimum absolute atomic E-state index is 0.0228. The summed E-state index contributed by atoms with van der Waals surface area (Å²) in [6.07, 6.45) is 3.06. The quantitative estimate of drug-likeness (QED) is 0.0749. The van der Waals surface area contributed by atoms with Crippen LogP contribution >= 0.6 is 11.3 Å². The molecule has 1 saturated heterocycles. The Morgan fingerprint density at radius 3 is 2.36 bits per heavy atom. The van der Waals surface area contributed by atoms with Crippen LogP contribution in [0.25, 0.3) is 16.0 Å². The van der Waals surface area contributed by atoms with Gasteiger partial charge in [0.2, 0.25) is 0 Å². The van der Waals surface area contributed by atoms with Gasteiger partial charge in [0.05, 0.1) is 41.7 Å². The van der Waals surface area contributed by atoms with Gasteiger partial charge in [0.25, 0.3) is 5.78 Å². The number of aryl methyl sites for hydroxylation is 2. The van der Waals surface area contributed by atoms with E-state index in [9.17, 15) is 14.7 Å². The second-order valence-electron chi connectivity index (χ2n) is 10.7. The molecule has 3 aromatic carbocycles. The van der Waals surface area contributed by atoms with Crippen molar-refractivity contribution in [1.29, 1.82) is 0 Å². The number of hydrogen-bond donors (Lipinski definition) is 1. The summed E-state index contributed by atoms with van der Waals surface area (Å²) in [6, 6.07) is 15.3. The molecule has 230 valence electrons. The molecule has 4 aromatic rings. The molecule has 1 aliphatic heterocycles. The fourth-order valence-corrected chi connectivity index (χ4v) is 6.62. The molecule has 0 aliphatic carbocycles. The lowest BCUT2D eigenvalue weighted by atomic mass is 9.95. The number of aliphatic hydroxyl groups is 1. The van der Waals surface area contributed by atoms with Gasteiger partial charge in [-0.15, -0.1) is 0 Å². The molecule has 8 nitrogen and oxygen atoms in total. The molecule has 9 heteroatoms. The number of carbonyl (C=O) groups excluding carboxylic acids is 2. The van der Waals surface area contributed by atoms with Crippen molar-refractivity contribution in [2.75, 3.05) is 24.7 Å². The predicted molar refractivity (Wildman–Crippen MR) is 174 cm³/mol. The van der Waals surface area contributed by atoms with Crippen LogP contribution in [0.2, 0.25) is 0 Å². The Kier molecular flexibility index (Phi) is 9.54. The Hall–Kier alpha value is -4.37. The van der Waals surface area contributed by atoms with Crippen LogP contribution < -0.4 is 19.1 Å². The largest absolute Gasteiger partial charge is 0.507 e. The van der Waals surface area contributed by atoms with E-state index in [1.807, 2.05) is 45.9 Å². The molecule has 1 aromatic heterocycles. The summed E-state index contributed by atoms with van der Waals surface area (Å²) < 4.78 is 18.5. The number of rotatable bonds is 12. The number of ether oxygens (including phenoxy) is 3. The van der Waals surface area contributed by atoms with Crippen LogP contribution in [0, 0.1) is 13.8 Å². The zero-order chi connectivity index (χ0) is 31.4. The number of aliphatic hydroxyl groups excluding tert-OH is 1. The second kappa shape index (κ2) is 13.5. The summed E-state index contributed by atoms with van der Waals surface area (Å²) >= 11 is 1.34. The molecular formula is C35H38N2O6S. The summed E-state index contributed by atoms with van der Waals surface area (Å²) in [6.45, 7) is 11.3. The Morgan fingerprint density at radius 1 is 0.909 bits per heavy atom. The van der Waals surface area contributed by atoms with E-state index in [-0.39, 0.29) is 11.3 Å². The van der Waals surface area contributed by atoms with E-state index in [1.54, 1.807) is 36.4 Å². The Bertz CT molecular complexity index is 1710. The van der Waals surface area contributed by atoms with Crippen LogP contribution in [0.15, 0.2) is 60.2 Å². The summed E-state index contributed by atoms with van der Waals surface area (Å²) in [4.78, 5) is 33.8. The number of carbonyl (C=O) groups is 2. The Labute approximate surface area is 261 Å². The van der Waals surface area contributed by atoms with Crippen molar-refractivity contribution in [3.8, 4) is 17.2 Å². The second-order valence-corrected chi connectivity index (χ2v) is 11.8. The van der Waals surface area contributed by atoms with Crippen molar-refractivity contribution in [2.24, 2.45) is 0 Å². The lowest BCUT2D eigenvalue weighted by molar-refractivity contribution is -0.132. The average molecular weight is 615 g/mol. The van der Waals surface area contributed by atoms with Gasteiger partial charge in [-0.05, 0) is 93.3 Å². The van der Waals surface area contributed by atoms with Gasteiger partial charge in [-0.1, -0.05) is 43.2 Å². The fourth-order valence-electron chi connectivity index (χ4n) is 5.45. The highest BCUT2D eigenvalue weighted by Gasteiger charge is 2.48. The molecule has 1 amide bonds. The molecule has 5 rings (SSSR count). The molecule has 0 bridgehead atoms. The van der Waals surface area contributed by atoms with E-state index in [1.165, 1.54) is 16.2 Å². The number of thiazole rings is 1. The number of unbranched alkanes of at least 4 members (excludes halogenated alkanes) is 2. The highest BCUT2D eigenvalue weighted by Crippen LogP contribution is 2.46. The highest BCUT2D eigenvalue weighted by atomic mass is 32.1. The third-order valence-corrected chi connectivity index (χ3v) is 8.50. The van der Waals surface area contributed by atoms with E-state index in [2.05, 4.69) is 6.92 Å². The molecule has 1 unspecified atom stereocenters. The molecule has 1 fully saturated rings. The third kappa shape index (κ3) is 6.15. The fraction of sp³-hybridized carbons (Fsp3) is 0.343. The van der Waals surface area contributed by atoms with Gasteiger partial charge in [0.15, 0.2) is 16.6 Å². The van der Waals surface area contributed by atoms with Gasteiger partial charge < -0.3 is 19.3 Å². The van der Waals surface area contributed by atoms with Crippen LogP contribution in [-0.4, -0.2) is 41.6 Å². The van der Waals surface area contributed by atoms with Crippen molar-refractivity contribution in [3.63, 3.8) is 0 Å². The van der Waals surface area contributed by atoms with Gasteiger partial charge in [-0.2, -0.15) is 0 Å². The number of amides is 1. The van der Waals surface area contributed by atoms with Crippen molar-refractivity contribution < 1.29 is 28.9 Å². The van der Waals surface area contributed by atoms with Gasteiger partial charge in [-0.25, -0.2) is 4.98 Å². The maximum Gasteiger partial charge on any atom is 0.301 e. The number of Topliss-reactive ketones (excluding diaryl/α,β-unsaturated/α-hetero) is 1. The lowest BCUT2D eigenvalue weighted by Gasteiger charge is -2.24. The van der Waals surface area contributed by atoms with E-state index >= 15 is 0 Å². The SMILES string of the molecule is CCCCCOc1ccc(C2/C(=C(\O)c3ccc(OCC)cc3)C(=O)C(=O)N2c2nc3c(C)cc(C)cc3s2)cc1OCC. The van der Waals surface area contributed by atoms with Crippen LogP contribution in [0.4, 0.5) is 5.13 Å². The zero-order valence-electron chi connectivity index (χ0n) is 25.8. The molecule has 0 radical (unpaired) electrons. The van der Waals surface area contributed by atoms with Crippen molar-refractivity contribution in [2.45, 2.75) is 59.9 Å². The third-order valence-electron chi connectivity index (χ3n) is 7.50. The van der Waals surface area contributed by atoms with Gasteiger partial charge in [-0.3, -0.25) is 14.5 Å². The van der Waals surface area contributed by atoms with E-state index < -0.39 is 17.7 Å². The van der Waals surface area contributed by atoms with Crippen LogP contribution in [0.1, 0.15) is 68.3 Å². The van der Waals surface area contributed by atoms with Crippen LogP contribution in [0.3, 0.4) is 0 Å². The number of anilines is 1. The molecular weight excluding hydrogens is 576 g/mol. The van der Waals surface area contributed by atoms with Crippen molar-refractivity contribution in [1.82, 2.24) is 4.98 Å². The summed E-state index contributed by atoms with van der Waals surface area (Å²) in [5.41, 5.74) is 3.80. The number of fused-ring (bicyclic) bond motifs is 1. The standard InChI is InChI=1S/C35H38N2O6S/c1-6-9-10-17-43-26-16-13-24(20-27(26)42-8-3)31-29(32(38)23-11-14-25(15-12-23)41-7-2)33(39)34(40)37(31)35-36-30-22(5)18-21(4)19-28(30)44-35/h11-16,18-20,31,38H,6-10,17H2,1-5H3/b32-29+. The van der Waals surface area contributed by atoms with E-state index in [0.717, 1.165) is 40.6 Å². The average Bonchev–Trinajstić information content (AvgIpc) is 3.54. The van der Waals surface area contributed by atoms with Gasteiger partial charge in [0.1, 0.15) is 11.5 Å². The van der Waals surface area contributed by atoms with Crippen LogP contribution in [-0.2, 0) is 9.59 Å². The van der Waals surface area contributed by atoms with Crippen molar-refractivity contribution in [3.05, 3.63) is 82.4 Å². The zero-order valence-corrected chi connectivity index (χ0v) is 26.6. The highest BCUT2D eigenvalue weighted by molar-refractivity contribution is 7.22. The molecule has 1 N–H and O–H groups in total. The first-order valence-corrected chi connectivity index (χ1v) is 15.9. The molecule has 0 spiro atoms. The first kappa shape index (κ1) is 31.1. The molecule has 2 heterocycles. The summed E-state index contributed by atoms with van der Waals surface area (Å²) in [5, 5.41) is 12.0. The van der Waals surface area contributed by atoms with E-state index in [4.69, 9.17) is 19.2 Å². The summed E-state index contributed by atoms with van der Waals surface area (Å²) in [7, 11) is 0. The number of nitrogens with zero attached hydrogens (tertiary/aromatic N) is 2. The summed E-state index contributed by atoms with van der Waals surface area (Å²) in [5.74, 6) is -0.0905. The number of ketones is 1. The minimum atomic E-state index is -0.947. The Morgan fingerprint density at radius 2 is 1.66 bits per heavy atom. The topological polar surface area (TPSA) is 98.2 Å². The minimum Gasteiger partial charge on any atom is -0.507 e. The number of benzene rings is 3. The Balaban J connectivity index is 1.66. The monoisotopic (exact) mass is 614 g/mol. The molecule has 1 atom stereocenters. The normalized spacial score (nSPS) is 16.1. The van der Waals surface area contributed by atoms with Crippen LogP contribution in [0.5, 0.6) is 17.2 Å². The predicted octanol–water partition coefficient (Wildman–Crippen LogP) is 7.91. The molecule has 0 saturated carbocycles.